The number of nitrogens with zero attached hydrogens (tertiary/aromatic N) is 3. The van der Waals surface area contributed by atoms with Crippen molar-refractivity contribution < 1.29 is 37.7 Å². The number of carbonyl (C=O) groups excluding carboxylic acids is 1. The van der Waals surface area contributed by atoms with Crippen LogP contribution in [0.5, 0.6) is 5.75 Å². The van der Waals surface area contributed by atoms with Crippen LogP contribution in [0.2, 0.25) is 0 Å². The molecule has 2 N–H and O–H groups in total. The number of methoxy groups -OCH3 is 1. The monoisotopic (exact) mass is 611 g/mol. The summed E-state index contributed by atoms with van der Waals surface area (Å²) in [6.07, 6.45) is -3.46. The molecular weight excluding hydrogens is 575 g/mol. The molecule has 2 aliphatic rings. The van der Waals surface area contributed by atoms with Crippen LogP contribution in [0.1, 0.15) is 73.1 Å². The van der Waals surface area contributed by atoms with Gasteiger partial charge in [-0.25, -0.2) is 4.98 Å². The lowest BCUT2D eigenvalue weighted by Gasteiger charge is -2.34. The molecule has 1 aliphatic carbocycles. The molecule has 1 unspecified atom stereocenters. The number of amides is 1. The van der Waals surface area contributed by atoms with E-state index >= 15 is 0 Å². The molecule has 2 heterocycles. The molecule has 1 fully saturated rings. The molecule has 0 saturated carbocycles. The van der Waals surface area contributed by atoms with Crippen molar-refractivity contribution in [1.82, 2.24) is 9.88 Å². The number of pyridine rings is 1. The second-order valence-electron chi connectivity index (χ2n) is 11.5. The molecule has 8 nitrogen and oxygen atoms in total. The molecule has 44 heavy (non-hydrogen) atoms. The van der Waals surface area contributed by atoms with Gasteiger partial charge >= 0.3 is 12.1 Å². The number of alkyl halides is 3. The van der Waals surface area contributed by atoms with E-state index in [4.69, 9.17) is 9.72 Å². The molecule has 3 atom stereocenters. The Hall–Kier alpha value is -4.12. The van der Waals surface area contributed by atoms with Gasteiger partial charge in [-0.3, -0.25) is 9.59 Å². The van der Waals surface area contributed by atoms with Crippen LogP contribution in [0.15, 0.2) is 48.5 Å². The zero-order chi connectivity index (χ0) is 31.8. The van der Waals surface area contributed by atoms with Crippen LogP contribution in [-0.2, 0) is 28.7 Å². The first kappa shape index (κ1) is 31.3. The summed E-state index contributed by atoms with van der Waals surface area (Å²) in [4.78, 5) is 33.0. The molecule has 0 bridgehead atoms. The summed E-state index contributed by atoms with van der Waals surface area (Å²) < 4.78 is 45.9. The normalized spacial score (nSPS) is 17.4. The summed E-state index contributed by atoms with van der Waals surface area (Å²) in [6, 6.07) is 11.3. The van der Waals surface area contributed by atoms with Crippen LogP contribution < -0.4 is 9.64 Å². The van der Waals surface area contributed by atoms with Crippen molar-refractivity contribution in [3.63, 3.8) is 0 Å². The topological polar surface area (TPSA) is 103 Å². The number of aliphatic carboxylic acids is 1. The number of rotatable bonds is 10. The number of hydrogen-bond acceptors (Lipinski definition) is 6. The standard InChI is InChI=1S/C33H36F3N3O5/c1-19(32(43)23-6-4-7-24(14-23)33(34,35)36)39(20(2)40)18-28-25(10-11-30(37-28)38-12-5-13-38)27-17-26-21(15-29(27)44-3)8-9-22(26)16-31(41)42/h4,6-7,10-11,14-15,17,19,22,32,43H,5,8-9,12-13,16,18H2,1-3H3,(H,41,42)/t19-,22?,32-/m0/s1. The molecule has 1 aromatic heterocycles. The van der Waals surface area contributed by atoms with E-state index < -0.39 is 29.9 Å². The first-order chi connectivity index (χ1) is 20.9. The number of carboxylic acids is 1. The van der Waals surface area contributed by atoms with Gasteiger partial charge in [-0.1, -0.05) is 12.1 Å². The Kier molecular flexibility index (Phi) is 8.88. The summed E-state index contributed by atoms with van der Waals surface area (Å²) in [5.41, 5.74) is 3.05. The van der Waals surface area contributed by atoms with Crippen molar-refractivity contribution >= 4 is 17.7 Å². The second-order valence-corrected chi connectivity index (χ2v) is 11.5. The number of hydrogen-bond donors (Lipinski definition) is 2. The van der Waals surface area contributed by atoms with Gasteiger partial charge in [0.15, 0.2) is 0 Å². The highest BCUT2D eigenvalue weighted by molar-refractivity contribution is 5.78. The predicted molar refractivity (Wildman–Crippen MR) is 158 cm³/mol. The van der Waals surface area contributed by atoms with Crippen LogP contribution in [0.4, 0.5) is 19.0 Å². The average Bonchev–Trinajstić information content (AvgIpc) is 3.33. The van der Waals surface area contributed by atoms with Crippen LogP contribution in [0.25, 0.3) is 11.1 Å². The maximum atomic E-state index is 13.4. The van der Waals surface area contributed by atoms with Crippen LogP contribution in [-0.4, -0.2) is 58.2 Å². The number of aryl methyl sites for hydroxylation is 1. The van der Waals surface area contributed by atoms with E-state index in [1.165, 1.54) is 24.0 Å². The summed E-state index contributed by atoms with van der Waals surface area (Å²) in [7, 11) is 1.56. The fourth-order valence-corrected chi connectivity index (χ4v) is 6.15. The number of halogens is 3. The van der Waals surface area contributed by atoms with Crippen molar-refractivity contribution in [1.29, 1.82) is 0 Å². The van der Waals surface area contributed by atoms with Gasteiger partial charge in [-0.05, 0) is 85.2 Å². The average molecular weight is 612 g/mol. The van der Waals surface area contributed by atoms with E-state index in [2.05, 4.69) is 4.90 Å². The number of aliphatic hydroxyl groups is 1. The Bertz CT molecular complexity index is 1560. The summed E-state index contributed by atoms with van der Waals surface area (Å²) >= 11 is 0. The molecule has 1 aliphatic heterocycles. The van der Waals surface area contributed by atoms with Gasteiger partial charge in [0.25, 0.3) is 0 Å². The SMILES string of the molecule is COc1cc2c(cc1-c1ccc(N3CCC3)nc1CN(C(C)=O)[C@@H](C)[C@H](O)c1cccc(C(F)(F)F)c1)C(CC(=O)O)CC2. The fraction of sp³-hybridized carbons (Fsp3) is 0.424. The zero-order valence-electron chi connectivity index (χ0n) is 24.9. The number of fused-ring (bicyclic) bond motifs is 1. The van der Waals surface area contributed by atoms with E-state index in [1.54, 1.807) is 14.0 Å². The van der Waals surface area contributed by atoms with Gasteiger partial charge < -0.3 is 24.7 Å². The third-order valence-corrected chi connectivity index (χ3v) is 8.74. The predicted octanol–water partition coefficient (Wildman–Crippen LogP) is 5.96. The highest BCUT2D eigenvalue weighted by Gasteiger charge is 2.33. The van der Waals surface area contributed by atoms with Gasteiger partial charge in [0.1, 0.15) is 11.6 Å². The minimum absolute atomic E-state index is 0.0147. The van der Waals surface area contributed by atoms with Gasteiger partial charge in [0, 0.05) is 31.1 Å². The van der Waals surface area contributed by atoms with Crippen LogP contribution in [0.3, 0.4) is 0 Å². The smallest absolute Gasteiger partial charge is 0.416 e. The number of carbonyl (C=O) groups is 2. The second kappa shape index (κ2) is 12.5. The Morgan fingerprint density at radius 1 is 1.14 bits per heavy atom. The third-order valence-electron chi connectivity index (χ3n) is 8.74. The molecular formula is C33H36F3N3O5. The third kappa shape index (κ3) is 6.38. The van der Waals surface area contributed by atoms with Gasteiger partial charge in [-0.2, -0.15) is 13.2 Å². The first-order valence-corrected chi connectivity index (χ1v) is 14.7. The first-order valence-electron chi connectivity index (χ1n) is 14.7. The van der Waals surface area contributed by atoms with E-state index in [9.17, 15) is 33.0 Å². The Morgan fingerprint density at radius 3 is 2.50 bits per heavy atom. The maximum absolute atomic E-state index is 13.4. The lowest BCUT2D eigenvalue weighted by Crippen LogP contribution is -2.41. The highest BCUT2D eigenvalue weighted by Crippen LogP contribution is 2.43. The number of benzene rings is 2. The Balaban J connectivity index is 1.55. The molecule has 0 spiro atoms. The van der Waals surface area contributed by atoms with Crippen LogP contribution >= 0.6 is 0 Å². The molecule has 2 aromatic carbocycles. The largest absolute Gasteiger partial charge is 0.496 e. The number of aliphatic hydroxyl groups excluding tert-OH is 1. The molecule has 1 amide bonds. The molecule has 3 aromatic rings. The zero-order valence-corrected chi connectivity index (χ0v) is 24.9. The van der Waals surface area contributed by atoms with Crippen LogP contribution in [0, 0.1) is 0 Å². The molecule has 1 saturated heterocycles. The summed E-state index contributed by atoms with van der Waals surface area (Å²) in [5.74, 6) is -0.0698. The Morgan fingerprint density at radius 2 is 1.89 bits per heavy atom. The highest BCUT2D eigenvalue weighted by atomic mass is 19.4. The van der Waals surface area contributed by atoms with E-state index in [1.807, 2.05) is 24.3 Å². The number of carboxylic acid groups (broad SMARTS) is 1. The number of aromatic nitrogens is 1. The molecule has 0 radical (unpaired) electrons. The summed E-state index contributed by atoms with van der Waals surface area (Å²) in [6.45, 7) is 4.60. The van der Waals surface area contributed by atoms with Crippen molar-refractivity contribution in [2.45, 2.75) is 70.3 Å². The van der Waals surface area contributed by atoms with Crippen molar-refractivity contribution in [2.75, 3.05) is 25.1 Å². The number of anilines is 1. The minimum atomic E-state index is -4.58. The fourth-order valence-electron chi connectivity index (χ4n) is 6.15. The van der Waals surface area contributed by atoms with Gasteiger partial charge in [0.05, 0.1) is 43.5 Å². The lowest BCUT2D eigenvalue weighted by atomic mass is 9.92. The van der Waals surface area contributed by atoms with E-state index in [-0.39, 0.29) is 30.4 Å². The Labute approximate surface area is 254 Å². The van der Waals surface area contributed by atoms with Crippen molar-refractivity contribution in [3.05, 3.63) is 76.5 Å². The van der Waals surface area contributed by atoms with Gasteiger partial charge in [0.2, 0.25) is 5.91 Å². The van der Waals surface area contributed by atoms with Crippen molar-refractivity contribution in [2.24, 2.45) is 0 Å². The molecule has 11 heteroatoms. The summed E-state index contributed by atoms with van der Waals surface area (Å²) in [5, 5.41) is 20.7. The minimum Gasteiger partial charge on any atom is -0.496 e. The van der Waals surface area contributed by atoms with Gasteiger partial charge in [-0.15, -0.1) is 0 Å². The lowest BCUT2D eigenvalue weighted by molar-refractivity contribution is -0.138. The molecule has 234 valence electrons. The maximum Gasteiger partial charge on any atom is 0.416 e. The van der Waals surface area contributed by atoms with E-state index in [0.717, 1.165) is 61.4 Å². The number of ether oxygens (including phenoxy) is 1. The van der Waals surface area contributed by atoms with E-state index in [0.29, 0.717) is 22.6 Å². The quantitative estimate of drug-likeness (QED) is 0.292. The van der Waals surface area contributed by atoms with Crippen molar-refractivity contribution in [3.8, 4) is 16.9 Å². The molecule has 5 rings (SSSR count).